The maximum absolute atomic E-state index is 14.1. The zero-order chi connectivity index (χ0) is 26.7. The predicted octanol–water partition coefficient (Wildman–Crippen LogP) is 4.67. The molecule has 2 aliphatic heterocycles. The Bertz CT molecular complexity index is 1660. The molecule has 39 heavy (non-hydrogen) atoms. The predicted molar refractivity (Wildman–Crippen MR) is 145 cm³/mol. The molecule has 200 valence electrons. The smallest absolute Gasteiger partial charge is 0.136 e. The number of hydrogen-bond donors (Lipinski definition) is 1. The van der Waals surface area contributed by atoms with E-state index in [2.05, 4.69) is 33.1 Å². The van der Waals surface area contributed by atoms with Crippen molar-refractivity contribution >= 4 is 21.9 Å². The average Bonchev–Trinajstić information content (AvgIpc) is 3.44. The molecule has 2 aliphatic rings. The van der Waals surface area contributed by atoms with Gasteiger partial charge in [0.05, 0.1) is 47.2 Å². The zero-order valence-electron chi connectivity index (χ0n) is 22.0. The normalized spacial score (nSPS) is 18.5. The van der Waals surface area contributed by atoms with Gasteiger partial charge in [-0.05, 0) is 61.1 Å². The molecule has 0 bridgehead atoms. The van der Waals surface area contributed by atoms with Crippen LogP contribution in [0.25, 0.3) is 33.2 Å². The minimum Gasteiger partial charge on any atom is -0.381 e. The van der Waals surface area contributed by atoms with E-state index < -0.39 is 5.60 Å². The summed E-state index contributed by atoms with van der Waals surface area (Å²) >= 11 is 0. The minimum absolute atomic E-state index is 0.0835. The van der Waals surface area contributed by atoms with Crippen LogP contribution < -0.4 is 0 Å². The van der Waals surface area contributed by atoms with Gasteiger partial charge in [0.15, 0.2) is 0 Å². The Morgan fingerprint density at radius 1 is 1.03 bits per heavy atom. The van der Waals surface area contributed by atoms with Crippen molar-refractivity contribution in [1.29, 1.82) is 0 Å². The fraction of sp³-hybridized carbons (Fsp3) is 0.367. The molecule has 0 saturated carbocycles. The first-order valence-corrected chi connectivity index (χ1v) is 13.4. The summed E-state index contributed by atoms with van der Waals surface area (Å²) in [6.07, 6.45) is 3.65. The number of aryl methyl sites for hydroxylation is 2. The molecule has 0 amide bonds. The largest absolute Gasteiger partial charge is 0.381 e. The molecule has 9 heteroatoms. The number of pyridine rings is 1. The summed E-state index contributed by atoms with van der Waals surface area (Å²) in [5.41, 5.74) is 6.34. The van der Waals surface area contributed by atoms with Crippen molar-refractivity contribution in [2.24, 2.45) is 13.0 Å². The summed E-state index contributed by atoms with van der Waals surface area (Å²) in [7, 11) is 1.88. The zero-order valence-corrected chi connectivity index (χ0v) is 22.0. The lowest BCUT2D eigenvalue weighted by molar-refractivity contribution is -0.184. The highest BCUT2D eigenvalue weighted by Gasteiger charge is 2.39. The SMILES string of the molecule is Cc1nnn(C)c1-c1cnc2c3ccc(C4(O)COC4)cc3n([C@H](c3ccc(F)cc3)C3CCOCC3)c2c1. The van der Waals surface area contributed by atoms with Crippen LogP contribution in [0.4, 0.5) is 4.39 Å². The maximum Gasteiger partial charge on any atom is 0.136 e. The number of nitrogens with zero attached hydrogens (tertiary/aromatic N) is 5. The number of aromatic nitrogens is 5. The van der Waals surface area contributed by atoms with Crippen molar-refractivity contribution < 1.29 is 19.0 Å². The molecule has 3 aromatic heterocycles. The van der Waals surface area contributed by atoms with Gasteiger partial charge in [-0.2, -0.15) is 0 Å². The van der Waals surface area contributed by atoms with Crippen LogP contribution in [0.2, 0.25) is 0 Å². The van der Waals surface area contributed by atoms with E-state index in [0.717, 1.165) is 62.9 Å². The third-order valence-electron chi connectivity index (χ3n) is 8.33. The van der Waals surface area contributed by atoms with Crippen molar-refractivity contribution in [3.05, 3.63) is 77.4 Å². The molecule has 0 aliphatic carbocycles. The maximum atomic E-state index is 14.1. The highest BCUT2D eigenvalue weighted by molar-refractivity contribution is 6.07. The van der Waals surface area contributed by atoms with E-state index >= 15 is 0 Å². The highest BCUT2D eigenvalue weighted by atomic mass is 19.1. The van der Waals surface area contributed by atoms with E-state index in [-0.39, 0.29) is 31.0 Å². The van der Waals surface area contributed by atoms with Crippen molar-refractivity contribution in [1.82, 2.24) is 24.5 Å². The molecule has 0 radical (unpaired) electrons. The Kier molecular flexibility index (Phi) is 5.77. The van der Waals surface area contributed by atoms with Gasteiger partial charge >= 0.3 is 0 Å². The van der Waals surface area contributed by atoms with Crippen LogP contribution in [-0.2, 0) is 22.1 Å². The lowest BCUT2D eigenvalue weighted by Gasteiger charge is -2.37. The number of halogens is 1. The fourth-order valence-electron chi connectivity index (χ4n) is 6.27. The van der Waals surface area contributed by atoms with Crippen molar-refractivity contribution in [3.8, 4) is 11.3 Å². The van der Waals surface area contributed by atoms with Crippen LogP contribution in [0.1, 0.15) is 35.7 Å². The summed E-state index contributed by atoms with van der Waals surface area (Å²) in [5, 5.41) is 20.6. The highest BCUT2D eigenvalue weighted by Crippen LogP contribution is 2.42. The first-order chi connectivity index (χ1) is 18.9. The topological polar surface area (TPSA) is 87.2 Å². The molecule has 5 heterocycles. The molecule has 2 fully saturated rings. The van der Waals surface area contributed by atoms with Gasteiger partial charge in [-0.3, -0.25) is 4.98 Å². The van der Waals surface area contributed by atoms with Gasteiger partial charge in [-0.25, -0.2) is 9.07 Å². The summed E-state index contributed by atoms with van der Waals surface area (Å²) in [5.74, 6) is 0.00915. The lowest BCUT2D eigenvalue weighted by Crippen LogP contribution is -2.46. The van der Waals surface area contributed by atoms with E-state index in [9.17, 15) is 9.50 Å². The molecule has 8 nitrogen and oxygen atoms in total. The monoisotopic (exact) mass is 527 g/mol. The summed E-state index contributed by atoms with van der Waals surface area (Å²) in [6, 6.07) is 15.0. The molecule has 5 aromatic rings. The quantitative estimate of drug-likeness (QED) is 0.358. The number of ether oxygens (including phenoxy) is 2. The van der Waals surface area contributed by atoms with Gasteiger partial charge in [0.25, 0.3) is 0 Å². The van der Waals surface area contributed by atoms with Gasteiger partial charge in [0.2, 0.25) is 0 Å². The molecule has 2 aromatic carbocycles. The number of benzene rings is 2. The third kappa shape index (κ3) is 3.95. The van der Waals surface area contributed by atoms with E-state index in [1.165, 1.54) is 12.1 Å². The molecule has 2 saturated heterocycles. The molecule has 0 unspecified atom stereocenters. The number of rotatable bonds is 5. The number of hydrogen-bond acceptors (Lipinski definition) is 6. The Morgan fingerprint density at radius 2 is 1.79 bits per heavy atom. The molecular formula is C30H30FN5O3. The standard InChI is InChI=1S/C30H30FN5O3/c1-18-28(35(2)34-33-18)21-13-26-27(32-15-21)24-8-5-22(30(37)16-39-17-30)14-25(24)36(26)29(20-9-11-38-12-10-20)19-3-6-23(31)7-4-19/h3-8,13-15,20,29,37H,9-12,16-17H2,1-2H3/t29-/m1/s1. The molecular weight excluding hydrogens is 497 g/mol. The van der Waals surface area contributed by atoms with Crippen LogP contribution in [0.5, 0.6) is 0 Å². The van der Waals surface area contributed by atoms with Crippen LogP contribution in [-0.4, -0.2) is 56.1 Å². The Morgan fingerprint density at radius 3 is 2.46 bits per heavy atom. The van der Waals surface area contributed by atoms with Gasteiger partial charge in [-0.1, -0.05) is 29.5 Å². The first kappa shape index (κ1) is 24.4. The van der Waals surface area contributed by atoms with Crippen LogP contribution in [0, 0.1) is 18.7 Å². The molecule has 0 spiro atoms. The van der Waals surface area contributed by atoms with Crippen molar-refractivity contribution in [2.45, 2.75) is 31.4 Å². The first-order valence-electron chi connectivity index (χ1n) is 13.4. The van der Waals surface area contributed by atoms with E-state index in [4.69, 9.17) is 14.5 Å². The lowest BCUT2D eigenvalue weighted by atomic mass is 9.86. The molecule has 7 rings (SSSR count). The summed E-state index contributed by atoms with van der Waals surface area (Å²) in [6.45, 7) is 3.86. The second-order valence-electron chi connectivity index (χ2n) is 10.8. The molecule has 1 N–H and O–H groups in total. The Balaban J connectivity index is 1.53. The van der Waals surface area contributed by atoms with Gasteiger partial charge in [0.1, 0.15) is 11.4 Å². The average molecular weight is 528 g/mol. The molecule has 1 atom stereocenters. The number of aliphatic hydroxyl groups is 1. The third-order valence-corrected chi connectivity index (χ3v) is 8.33. The van der Waals surface area contributed by atoms with E-state index in [1.54, 1.807) is 4.68 Å². The second kappa shape index (κ2) is 9.22. The van der Waals surface area contributed by atoms with Gasteiger partial charge < -0.3 is 19.1 Å². The Labute approximate surface area is 225 Å². The van der Waals surface area contributed by atoms with E-state index in [1.807, 2.05) is 38.4 Å². The number of fused-ring (bicyclic) bond motifs is 3. The Hall–Kier alpha value is -3.66. The summed E-state index contributed by atoms with van der Waals surface area (Å²) < 4.78 is 29.3. The van der Waals surface area contributed by atoms with E-state index in [0.29, 0.717) is 13.2 Å². The van der Waals surface area contributed by atoms with Gasteiger partial charge in [-0.15, -0.1) is 5.10 Å². The summed E-state index contributed by atoms with van der Waals surface area (Å²) in [4.78, 5) is 4.97. The van der Waals surface area contributed by atoms with Crippen LogP contribution in [0.3, 0.4) is 0 Å². The fourth-order valence-corrected chi connectivity index (χ4v) is 6.27. The van der Waals surface area contributed by atoms with Crippen molar-refractivity contribution in [2.75, 3.05) is 26.4 Å². The van der Waals surface area contributed by atoms with Crippen LogP contribution >= 0.6 is 0 Å². The minimum atomic E-state index is -1.00. The van der Waals surface area contributed by atoms with Crippen LogP contribution in [0.15, 0.2) is 54.7 Å². The van der Waals surface area contributed by atoms with Crippen molar-refractivity contribution in [3.63, 3.8) is 0 Å². The van der Waals surface area contributed by atoms with Gasteiger partial charge in [0, 0.05) is 37.4 Å². The second-order valence-corrected chi connectivity index (χ2v) is 10.8.